The molecule has 7 heteroatoms. The van der Waals surface area contributed by atoms with Crippen LogP contribution < -0.4 is 10.3 Å². The summed E-state index contributed by atoms with van der Waals surface area (Å²) in [6, 6.07) is 13.8. The number of halogens is 1. The van der Waals surface area contributed by atoms with Crippen LogP contribution in [0.4, 0.5) is 0 Å². The molecule has 0 fully saturated rings. The van der Waals surface area contributed by atoms with Crippen molar-refractivity contribution in [1.29, 1.82) is 0 Å². The van der Waals surface area contributed by atoms with Crippen LogP contribution in [0.15, 0.2) is 53.3 Å². The molecule has 1 N–H and O–H groups in total. The summed E-state index contributed by atoms with van der Waals surface area (Å²) in [5, 5.41) is 9.35. The van der Waals surface area contributed by atoms with Gasteiger partial charge in [-0.05, 0) is 37.1 Å². The van der Waals surface area contributed by atoms with E-state index in [0.29, 0.717) is 17.9 Å². The van der Waals surface area contributed by atoms with Crippen molar-refractivity contribution in [3.05, 3.63) is 92.1 Å². The van der Waals surface area contributed by atoms with Gasteiger partial charge in [0.05, 0.1) is 17.1 Å². The standard InChI is InChI=1S/C24H25ClN2O4/c1-3-4-8-21-26-16(2)13-22(28)27(21)14-17-9-11-19(12-10-17)31-15-18-6-5-7-20(23(18)25)24(29)30/h5-7,9-13H,3-4,8,14-15H2,1-2H3,(H,29,30). The van der Waals surface area contributed by atoms with E-state index in [-0.39, 0.29) is 22.8 Å². The molecule has 0 spiro atoms. The zero-order valence-electron chi connectivity index (χ0n) is 17.6. The molecule has 162 valence electrons. The Morgan fingerprint density at radius 1 is 1.19 bits per heavy atom. The van der Waals surface area contributed by atoms with Crippen LogP contribution >= 0.6 is 11.6 Å². The lowest BCUT2D eigenvalue weighted by molar-refractivity contribution is 0.0697. The Hall–Kier alpha value is -3.12. The Bertz CT molecular complexity index is 1120. The van der Waals surface area contributed by atoms with Crippen molar-refractivity contribution in [2.75, 3.05) is 0 Å². The second kappa shape index (κ2) is 10.3. The van der Waals surface area contributed by atoms with Gasteiger partial charge >= 0.3 is 5.97 Å². The highest BCUT2D eigenvalue weighted by atomic mass is 35.5. The summed E-state index contributed by atoms with van der Waals surface area (Å²) in [7, 11) is 0. The molecule has 3 aromatic rings. The summed E-state index contributed by atoms with van der Waals surface area (Å²) in [6.07, 6.45) is 2.79. The molecule has 1 aromatic heterocycles. The van der Waals surface area contributed by atoms with Crippen molar-refractivity contribution in [2.45, 2.75) is 46.3 Å². The number of aromatic carboxylic acids is 1. The summed E-state index contributed by atoms with van der Waals surface area (Å²) in [4.78, 5) is 28.3. The fourth-order valence-electron chi connectivity index (χ4n) is 3.27. The van der Waals surface area contributed by atoms with Gasteiger partial charge in [0.25, 0.3) is 5.56 Å². The third kappa shape index (κ3) is 5.73. The molecule has 3 rings (SSSR count). The zero-order chi connectivity index (χ0) is 22.4. The largest absolute Gasteiger partial charge is 0.489 e. The molecule has 31 heavy (non-hydrogen) atoms. The fourth-order valence-corrected chi connectivity index (χ4v) is 3.53. The molecule has 0 saturated carbocycles. The topological polar surface area (TPSA) is 81.4 Å². The average molecular weight is 441 g/mol. The number of rotatable bonds is 9. The van der Waals surface area contributed by atoms with Crippen molar-refractivity contribution in [3.63, 3.8) is 0 Å². The number of unbranched alkanes of at least 4 members (excludes halogenated alkanes) is 1. The monoisotopic (exact) mass is 440 g/mol. The van der Waals surface area contributed by atoms with Gasteiger partial charge in [-0.1, -0.05) is 49.2 Å². The second-order valence-electron chi connectivity index (χ2n) is 7.36. The molecule has 0 amide bonds. The van der Waals surface area contributed by atoms with Crippen molar-refractivity contribution >= 4 is 17.6 Å². The van der Waals surface area contributed by atoms with E-state index in [1.54, 1.807) is 22.8 Å². The smallest absolute Gasteiger partial charge is 0.337 e. The molecule has 0 aliphatic carbocycles. The van der Waals surface area contributed by atoms with Crippen LogP contribution in [0.3, 0.4) is 0 Å². The van der Waals surface area contributed by atoms with Gasteiger partial charge in [-0.15, -0.1) is 0 Å². The first kappa shape index (κ1) is 22.6. The predicted molar refractivity (Wildman–Crippen MR) is 120 cm³/mol. The van der Waals surface area contributed by atoms with Crippen LogP contribution in [0.1, 0.15) is 52.8 Å². The van der Waals surface area contributed by atoms with E-state index >= 15 is 0 Å². The van der Waals surface area contributed by atoms with Gasteiger partial charge in [-0.25, -0.2) is 9.78 Å². The van der Waals surface area contributed by atoms with Crippen LogP contribution in [-0.4, -0.2) is 20.6 Å². The first-order chi connectivity index (χ1) is 14.9. The highest BCUT2D eigenvalue weighted by molar-refractivity contribution is 6.34. The molecular formula is C24H25ClN2O4. The van der Waals surface area contributed by atoms with E-state index < -0.39 is 5.97 Å². The summed E-state index contributed by atoms with van der Waals surface area (Å²) < 4.78 is 7.49. The minimum atomic E-state index is -1.07. The number of carboxylic acids is 1. The quantitative estimate of drug-likeness (QED) is 0.513. The molecule has 6 nitrogen and oxygen atoms in total. The summed E-state index contributed by atoms with van der Waals surface area (Å²) in [5.74, 6) is 0.358. The Labute approximate surface area is 186 Å². The maximum atomic E-state index is 12.5. The van der Waals surface area contributed by atoms with Gasteiger partial charge in [0, 0.05) is 23.7 Å². The third-order valence-electron chi connectivity index (χ3n) is 4.94. The molecule has 0 saturated heterocycles. The molecule has 0 radical (unpaired) electrons. The van der Waals surface area contributed by atoms with Crippen molar-refractivity contribution in [1.82, 2.24) is 9.55 Å². The van der Waals surface area contributed by atoms with Crippen molar-refractivity contribution in [2.24, 2.45) is 0 Å². The first-order valence-electron chi connectivity index (χ1n) is 10.2. The summed E-state index contributed by atoms with van der Waals surface area (Å²) in [6.45, 7) is 4.55. The molecule has 0 atom stereocenters. The lowest BCUT2D eigenvalue weighted by Gasteiger charge is -2.13. The van der Waals surface area contributed by atoms with E-state index in [1.165, 1.54) is 6.07 Å². The van der Waals surface area contributed by atoms with E-state index in [2.05, 4.69) is 11.9 Å². The van der Waals surface area contributed by atoms with E-state index in [4.69, 9.17) is 16.3 Å². The highest BCUT2D eigenvalue weighted by Gasteiger charge is 2.12. The van der Waals surface area contributed by atoms with Crippen LogP contribution in [0, 0.1) is 6.92 Å². The van der Waals surface area contributed by atoms with E-state index in [1.807, 2.05) is 31.2 Å². The normalized spacial score (nSPS) is 10.8. The van der Waals surface area contributed by atoms with Gasteiger partial charge in [0.1, 0.15) is 18.2 Å². The number of aryl methyl sites for hydroxylation is 2. The van der Waals surface area contributed by atoms with Crippen LogP contribution in [0.25, 0.3) is 0 Å². The van der Waals surface area contributed by atoms with Gasteiger partial charge in [0.15, 0.2) is 0 Å². The summed E-state index contributed by atoms with van der Waals surface area (Å²) >= 11 is 6.16. The molecule has 2 aromatic carbocycles. The number of aromatic nitrogens is 2. The zero-order valence-corrected chi connectivity index (χ0v) is 18.4. The van der Waals surface area contributed by atoms with Gasteiger partial charge in [0.2, 0.25) is 0 Å². The van der Waals surface area contributed by atoms with Gasteiger partial charge in [-0.2, -0.15) is 0 Å². The Kier molecular flexibility index (Phi) is 7.47. The summed E-state index contributed by atoms with van der Waals surface area (Å²) in [5.41, 5.74) is 2.30. The van der Waals surface area contributed by atoms with Crippen LogP contribution in [0.2, 0.25) is 5.02 Å². The van der Waals surface area contributed by atoms with Crippen molar-refractivity contribution in [3.8, 4) is 5.75 Å². The second-order valence-corrected chi connectivity index (χ2v) is 7.74. The Morgan fingerprint density at radius 3 is 2.61 bits per heavy atom. The highest BCUT2D eigenvalue weighted by Crippen LogP contribution is 2.23. The Balaban J connectivity index is 1.71. The fraction of sp³-hybridized carbons (Fsp3) is 0.292. The van der Waals surface area contributed by atoms with Crippen LogP contribution in [0.5, 0.6) is 5.75 Å². The molecule has 0 unspecified atom stereocenters. The molecule has 0 aliphatic rings. The number of ether oxygens (including phenoxy) is 1. The number of benzene rings is 2. The maximum Gasteiger partial charge on any atom is 0.337 e. The third-order valence-corrected chi connectivity index (χ3v) is 5.38. The SMILES string of the molecule is CCCCc1nc(C)cc(=O)n1Cc1ccc(OCc2cccc(C(=O)O)c2Cl)cc1. The number of carbonyl (C=O) groups is 1. The van der Waals surface area contributed by atoms with Gasteiger partial charge in [-0.3, -0.25) is 9.36 Å². The maximum absolute atomic E-state index is 12.5. The number of carboxylic acid groups (broad SMARTS) is 1. The van der Waals surface area contributed by atoms with Gasteiger partial charge < -0.3 is 9.84 Å². The number of nitrogens with zero attached hydrogens (tertiary/aromatic N) is 2. The first-order valence-corrected chi connectivity index (χ1v) is 10.6. The minimum Gasteiger partial charge on any atom is -0.489 e. The molecule has 1 heterocycles. The van der Waals surface area contributed by atoms with E-state index in [0.717, 1.165) is 36.3 Å². The lowest BCUT2D eigenvalue weighted by Crippen LogP contribution is -2.25. The van der Waals surface area contributed by atoms with Crippen molar-refractivity contribution < 1.29 is 14.6 Å². The molecule has 0 bridgehead atoms. The van der Waals surface area contributed by atoms with Crippen LogP contribution in [-0.2, 0) is 19.6 Å². The van der Waals surface area contributed by atoms with E-state index in [9.17, 15) is 14.7 Å². The predicted octanol–water partition coefficient (Wildman–Crippen LogP) is 4.87. The molecular weight excluding hydrogens is 416 g/mol. The number of hydrogen-bond donors (Lipinski definition) is 1. The number of hydrogen-bond acceptors (Lipinski definition) is 4. The lowest BCUT2D eigenvalue weighted by atomic mass is 10.1. The Morgan fingerprint density at radius 2 is 1.94 bits per heavy atom. The molecule has 0 aliphatic heterocycles. The minimum absolute atomic E-state index is 0.0492. The average Bonchev–Trinajstić information content (AvgIpc) is 2.74.